The zero-order valence-corrected chi connectivity index (χ0v) is 6.75. The summed E-state index contributed by atoms with van der Waals surface area (Å²) in [6.07, 6.45) is 3.71. The Balaban J connectivity index is 3.95. The highest BCUT2D eigenvalue weighted by atomic mass is 16.2. The Labute approximate surface area is 68.2 Å². The summed E-state index contributed by atoms with van der Waals surface area (Å²) in [5.41, 5.74) is 0. The number of nitrogens with zero attached hydrogens (tertiary/aromatic N) is 1. The molecule has 0 bridgehead atoms. The molecule has 0 aromatic heterocycles. The average molecular weight is 152 g/mol. The zero-order chi connectivity index (χ0) is 8.69. The molecule has 2 heteroatoms. The van der Waals surface area contributed by atoms with Gasteiger partial charge in [0.05, 0.1) is 0 Å². The van der Waals surface area contributed by atoms with E-state index in [-0.39, 0.29) is 5.91 Å². The maximum atomic E-state index is 11.0. The molecule has 0 aliphatic heterocycles. The predicted octanol–water partition coefficient (Wildman–Crippen LogP) is 1.41. The zero-order valence-electron chi connectivity index (χ0n) is 6.75. The van der Waals surface area contributed by atoms with Crippen molar-refractivity contribution in [1.82, 2.24) is 4.90 Å². The molecule has 1 amide bonds. The molecule has 0 atom stereocenters. The molecular formula is C9H14NO. The Kier molecular flexibility index (Phi) is 5.17. The van der Waals surface area contributed by atoms with Crippen molar-refractivity contribution in [1.29, 1.82) is 0 Å². The van der Waals surface area contributed by atoms with E-state index in [2.05, 4.69) is 20.1 Å². The smallest absolute Gasteiger partial charge is 0.246 e. The molecule has 0 spiro atoms. The van der Waals surface area contributed by atoms with E-state index in [1.54, 1.807) is 11.0 Å². The number of rotatable bonds is 5. The molecule has 61 valence electrons. The summed E-state index contributed by atoms with van der Waals surface area (Å²) >= 11 is 0. The van der Waals surface area contributed by atoms with E-state index < -0.39 is 0 Å². The first-order valence-electron chi connectivity index (χ1n) is 3.57. The second kappa shape index (κ2) is 5.71. The third-order valence-electron chi connectivity index (χ3n) is 1.26. The molecule has 0 saturated heterocycles. The van der Waals surface area contributed by atoms with E-state index in [0.29, 0.717) is 19.5 Å². The van der Waals surface area contributed by atoms with E-state index in [1.807, 2.05) is 0 Å². The molecular weight excluding hydrogens is 138 g/mol. The number of hydrogen-bond acceptors (Lipinski definition) is 1. The fourth-order valence-corrected chi connectivity index (χ4v) is 0.767. The lowest BCUT2D eigenvalue weighted by atomic mass is 10.3. The van der Waals surface area contributed by atoms with Crippen LogP contribution < -0.4 is 0 Å². The van der Waals surface area contributed by atoms with Crippen molar-refractivity contribution in [2.24, 2.45) is 0 Å². The van der Waals surface area contributed by atoms with Gasteiger partial charge in [-0.25, -0.2) is 0 Å². The Bertz CT molecular complexity index is 152. The summed E-state index contributed by atoms with van der Waals surface area (Å²) in [6, 6.07) is 0. The minimum atomic E-state index is -0.0615. The van der Waals surface area contributed by atoms with Crippen molar-refractivity contribution in [2.75, 3.05) is 13.1 Å². The summed E-state index contributed by atoms with van der Waals surface area (Å²) in [5, 5.41) is 0. The molecule has 0 saturated carbocycles. The Morgan fingerprint density at radius 3 is 2.45 bits per heavy atom. The SMILES string of the molecule is [CH2]CCN(CC=C)C(=O)C=C. The van der Waals surface area contributed by atoms with Crippen molar-refractivity contribution in [3.8, 4) is 0 Å². The van der Waals surface area contributed by atoms with Gasteiger partial charge in [0, 0.05) is 13.1 Å². The van der Waals surface area contributed by atoms with Gasteiger partial charge in [-0.1, -0.05) is 19.6 Å². The van der Waals surface area contributed by atoms with Gasteiger partial charge >= 0.3 is 0 Å². The molecule has 0 fully saturated rings. The van der Waals surface area contributed by atoms with Crippen LogP contribution in [0.5, 0.6) is 0 Å². The van der Waals surface area contributed by atoms with Crippen molar-refractivity contribution >= 4 is 5.91 Å². The first-order chi connectivity index (χ1) is 5.26. The van der Waals surface area contributed by atoms with Gasteiger partial charge in [-0.15, -0.1) is 6.58 Å². The maximum absolute atomic E-state index is 11.0. The fourth-order valence-electron chi connectivity index (χ4n) is 0.767. The second-order valence-corrected chi connectivity index (χ2v) is 2.13. The topological polar surface area (TPSA) is 20.3 Å². The molecule has 0 aliphatic carbocycles. The average Bonchev–Trinajstić information content (AvgIpc) is 2.03. The quantitative estimate of drug-likeness (QED) is 0.431. The van der Waals surface area contributed by atoms with Crippen molar-refractivity contribution < 1.29 is 4.79 Å². The highest BCUT2D eigenvalue weighted by Gasteiger charge is 2.04. The van der Waals surface area contributed by atoms with E-state index in [1.165, 1.54) is 6.08 Å². The second-order valence-electron chi connectivity index (χ2n) is 2.13. The van der Waals surface area contributed by atoms with Gasteiger partial charge in [-0.05, 0) is 12.5 Å². The monoisotopic (exact) mass is 152 g/mol. The molecule has 0 heterocycles. The normalized spacial score (nSPS) is 8.82. The molecule has 11 heavy (non-hydrogen) atoms. The fraction of sp³-hybridized carbons (Fsp3) is 0.333. The van der Waals surface area contributed by atoms with E-state index in [0.717, 1.165) is 0 Å². The lowest BCUT2D eigenvalue weighted by Crippen LogP contribution is -2.30. The number of carbonyl (C=O) groups is 1. The van der Waals surface area contributed by atoms with Gasteiger partial charge in [-0.3, -0.25) is 4.79 Å². The van der Waals surface area contributed by atoms with E-state index >= 15 is 0 Å². The van der Waals surface area contributed by atoms with Crippen molar-refractivity contribution in [2.45, 2.75) is 6.42 Å². The number of carbonyl (C=O) groups excluding carboxylic acids is 1. The van der Waals surface area contributed by atoms with Crippen LogP contribution in [0.1, 0.15) is 6.42 Å². The predicted molar refractivity (Wildman–Crippen MR) is 46.9 cm³/mol. The van der Waals surface area contributed by atoms with Crippen LogP contribution in [0.3, 0.4) is 0 Å². The lowest BCUT2D eigenvalue weighted by Gasteiger charge is -2.17. The van der Waals surface area contributed by atoms with Crippen LogP contribution in [-0.4, -0.2) is 23.9 Å². The minimum absolute atomic E-state index is 0.0615. The van der Waals surface area contributed by atoms with Crippen molar-refractivity contribution in [3.63, 3.8) is 0 Å². The highest BCUT2D eigenvalue weighted by Crippen LogP contribution is 1.92. The van der Waals surface area contributed by atoms with Crippen molar-refractivity contribution in [3.05, 3.63) is 32.2 Å². The molecule has 1 radical (unpaired) electrons. The molecule has 0 N–H and O–H groups in total. The minimum Gasteiger partial charge on any atom is -0.335 e. The summed E-state index contributed by atoms with van der Waals surface area (Å²) in [5.74, 6) is -0.0615. The molecule has 0 aromatic carbocycles. The summed E-state index contributed by atoms with van der Waals surface area (Å²) < 4.78 is 0. The Morgan fingerprint density at radius 2 is 2.09 bits per heavy atom. The van der Waals surface area contributed by atoms with Gasteiger partial charge in [-0.2, -0.15) is 0 Å². The first-order valence-corrected chi connectivity index (χ1v) is 3.57. The molecule has 0 aliphatic rings. The third-order valence-corrected chi connectivity index (χ3v) is 1.26. The van der Waals surface area contributed by atoms with Gasteiger partial charge in [0.15, 0.2) is 0 Å². The summed E-state index contributed by atoms with van der Waals surface area (Å²) in [4.78, 5) is 12.7. The van der Waals surface area contributed by atoms with E-state index in [4.69, 9.17) is 0 Å². The van der Waals surface area contributed by atoms with Crippen LogP contribution in [0.15, 0.2) is 25.3 Å². The van der Waals surface area contributed by atoms with Gasteiger partial charge in [0.1, 0.15) is 0 Å². The van der Waals surface area contributed by atoms with Gasteiger partial charge in [0.2, 0.25) is 5.91 Å². The van der Waals surface area contributed by atoms with Crippen LogP contribution in [0.4, 0.5) is 0 Å². The maximum Gasteiger partial charge on any atom is 0.246 e. The van der Waals surface area contributed by atoms with E-state index in [9.17, 15) is 4.79 Å². The van der Waals surface area contributed by atoms with Crippen LogP contribution in [0.2, 0.25) is 0 Å². The van der Waals surface area contributed by atoms with Crippen LogP contribution >= 0.6 is 0 Å². The third kappa shape index (κ3) is 3.61. The van der Waals surface area contributed by atoms with Crippen LogP contribution in [0.25, 0.3) is 0 Å². The number of hydrogen-bond donors (Lipinski definition) is 0. The lowest BCUT2D eigenvalue weighted by molar-refractivity contribution is -0.125. The largest absolute Gasteiger partial charge is 0.335 e. The van der Waals surface area contributed by atoms with Gasteiger partial charge < -0.3 is 4.90 Å². The number of amides is 1. The molecule has 0 aromatic rings. The highest BCUT2D eigenvalue weighted by molar-refractivity contribution is 5.87. The standard InChI is InChI=1S/C9H14NO/c1-4-7-10(8-5-2)9(11)6-3/h4,6H,1-3,5,7-8H2. The first kappa shape index (κ1) is 9.95. The molecule has 0 unspecified atom stereocenters. The molecule has 2 nitrogen and oxygen atoms in total. The van der Waals surface area contributed by atoms with Gasteiger partial charge in [0.25, 0.3) is 0 Å². The van der Waals surface area contributed by atoms with Crippen LogP contribution in [0, 0.1) is 6.92 Å². The molecule has 0 rings (SSSR count). The Morgan fingerprint density at radius 1 is 1.45 bits per heavy atom. The summed E-state index contributed by atoms with van der Waals surface area (Å²) in [7, 11) is 0. The van der Waals surface area contributed by atoms with Crippen LogP contribution in [-0.2, 0) is 4.79 Å². The summed E-state index contributed by atoms with van der Waals surface area (Å²) in [6.45, 7) is 11.8. The Hall–Kier alpha value is -1.05.